The fourth-order valence-corrected chi connectivity index (χ4v) is 4.83. The smallest absolute Gasteiger partial charge is 0.178 e. The Bertz CT molecular complexity index is 1030. The number of fused-ring (bicyclic) bond motifs is 4. The van der Waals surface area contributed by atoms with E-state index >= 15 is 4.39 Å². The molecule has 2 N–H and O–H groups in total. The summed E-state index contributed by atoms with van der Waals surface area (Å²) in [4.78, 5) is 11.5. The highest BCUT2D eigenvalue weighted by Crippen LogP contribution is 2.51. The molecule has 1 aromatic carbocycles. The van der Waals surface area contributed by atoms with Crippen molar-refractivity contribution in [1.82, 2.24) is 15.0 Å². The zero-order chi connectivity index (χ0) is 18.1. The van der Waals surface area contributed by atoms with Crippen LogP contribution >= 0.6 is 0 Å². The number of pyridine rings is 1. The van der Waals surface area contributed by atoms with Crippen LogP contribution in [-0.2, 0) is 10.2 Å². The molecule has 1 fully saturated rings. The predicted molar refractivity (Wildman–Crippen MR) is 98.7 cm³/mol. The number of halogens is 1. The van der Waals surface area contributed by atoms with Gasteiger partial charge in [0.15, 0.2) is 5.65 Å². The Morgan fingerprint density at radius 1 is 1.19 bits per heavy atom. The van der Waals surface area contributed by atoms with E-state index in [1.165, 1.54) is 0 Å². The maximum atomic E-state index is 15.1. The lowest BCUT2D eigenvalue weighted by molar-refractivity contribution is 0.0352. The van der Waals surface area contributed by atoms with Crippen LogP contribution in [0, 0.1) is 5.82 Å². The minimum Gasteiger partial charge on any atom is -0.377 e. The molecule has 2 aliphatic rings. The second-order valence-corrected chi connectivity index (χ2v) is 8.10. The average molecular weight is 352 g/mol. The van der Waals surface area contributed by atoms with Crippen LogP contribution < -0.4 is 5.32 Å². The molecular formula is C20H21FN4O. The van der Waals surface area contributed by atoms with Crippen molar-refractivity contribution in [3.05, 3.63) is 42.1 Å². The van der Waals surface area contributed by atoms with Crippen molar-refractivity contribution < 1.29 is 9.13 Å². The largest absolute Gasteiger partial charge is 0.377 e. The highest BCUT2D eigenvalue weighted by atomic mass is 19.1. The lowest BCUT2D eigenvalue weighted by atomic mass is 9.66. The van der Waals surface area contributed by atoms with Gasteiger partial charge >= 0.3 is 0 Å². The summed E-state index contributed by atoms with van der Waals surface area (Å²) in [7, 11) is 0. The van der Waals surface area contributed by atoms with Gasteiger partial charge in [-0.1, -0.05) is 6.92 Å². The molecule has 0 saturated carbocycles. The standard InChI is InChI=1S/C20H21FN4O/c1-19(2)18-20(3,5-7-26-18)13-8-12(14(21)9-15(13)25-19)11-4-6-22-17-16(11)23-10-24-17/h4,6,8-10,18,25H,5,7H2,1-3H3,(H,22,23,24). The molecule has 0 spiro atoms. The number of anilines is 1. The van der Waals surface area contributed by atoms with E-state index in [9.17, 15) is 0 Å². The van der Waals surface area contributed by atoms with Gasteiger partial charge in [0.25, 0.3) is 0 Å². The van der Waals surface area contributed by atoms with Gasteiger partial charge in [-0.15, -0.1) is 0 Å². The SMILES string of the molecule is CC1(C)Nc2cc(F)c(-c3ccnc4nc[nH]c34)cc2C2(C)CCOC12. The molecule has 5 rings (SSSR count). The summed E-state index contributed by atoms with van der Waals surface area (Å²) in [5, 5.41) is 3.49. The first-order valence-corrected chi connectivity index (χ1v) is 8.92. The molecule has 0 amide bonds. The van der Waals surface area contributed by atoms with Gasteiger partial charge in [-0.05, 0) is 44.0 Å². The van der Waals surface area contributed by atoms with Crippen LogP contribution in [0.2, 0.25) is 0 Å². The number of H-pyrrole nitrogens is 1. The highest BCUT2D eigenvalue weighted by molar-refractivity contribution is 5.90. The van der Waals surface area contributed by atoms with Gasteiger partial charge in [-0.2, -0.15) is 0 Å². The topological polar surface area (TPSA) is 62.8 Å². The maximum absolute atomic E-state index is 15.1. The average Bonchev–Trinajstić information content (AvgIpc) is 3.21. The molecule has 1 saturated heterocycles. The number of imidazole rings is 1. The van der Waals surface area contributed by atoms with Gasteiger partial charge in [-0.25, -0.2) is 14.4 Å². The Balaban J connectivity index is 1.76. The van der Waals surface area contributed by atoms with Gasteiger partial charge in [0.05, 0.1) is 23.5 Å². The molecule has 2 atom stereocenters. The van der Waals surface area contributed by atoms with Crippen molar-refractivity contribution in [2.24, 2.45) is 0 Å². The van der Waals surface area contributed by atoms with Gasteiger partial charge < -0.3 is 15.0 Å². The van der Waals surface area contributed by atoms with E-state index in [0.717, 1.165) is 35.4 Å². The minimum atomic E-state index is -0.255. The fourth-order valence-electron chi connectivity index (χ4n) is 4.83. The summed E-state index contributed by atoms with van der Waals surface area (Å²) < 4.78 is 21.2. The summed E-state index contributed by atoms with van der Waals surface area (Å²) in [6.45, 7) is 7.19. The van der Waals surface area contributed by atoms with E-state index in [1.54, 1.807) is 18.6 Å². The molecule has 3 aromatic rings. The van der Waals surface area contributed by atoms with E-state index in [4.69, 9.17) is 4.74 Å². The Morgan fingerprint density at radius 3 is 2.88 bits per heavy atom. The van der Waals surface area contributed by atoms with Crippen molar-refractivity contribution in [2.75, 3.05) is 11.9 Å². The maximum Gasteiger partial charge on any atom is 0.178 e. The van der Waals surface area contributed by atoms with Crippen LogP contribution in [0.5, 0.6) is 0 Å². The summed E-state index contributed by atoms with van der Waals surface area (Å²) in [6.07, 6.45) is 4.23. The Hall–Kier alpha value is -2.47. The molecule has 2 unspecified atom stereocenters. The van der Waals surface area contributed by atoms with E-state index in [-0.39, 0.29) is 22.9 Å². The molecule has 4 heterocycles. The van der Waals surface area contributed by atoms with E-state index in [1.807, 2.05) is 12.1 Å². The molecule has 2 aliphatic heterocycles. The molecule has 26 heavy (non-hydrogen) atoms. The van der Waals surface area contributed by atoms with Gasteiger partial charge in [0, 0.05) is 35.0 Å². The first-order valence-electron chi connectivity index (χ1n) is 8.92. The number of aromatic nitrogens is 3. The third-order valence-electron chi connectivity index (χ3n) is 5.94. The second-order valence-electron chi connectivity index (χ2n) is 8.10. The molecule has 0 radical (unpaired) electrons. The Kier molecular flexibility index (Phi) is 3.05. The monoisotopic (exact) mass is 352 g/mol. The van der Waals surface area contributed by atoms with Crippen molar-refractivity contribution in [3.8, 4) is 11.1 Å². The highest BCUT2D eigenvalue weighted by Gasteiger charge is 2.53. The quantitative estimate of drug-likeness (QED) is 0.694. The third-order valence-corrected chi connectivity index (χ3v) is 5.94. The van der Waals surface area contributed by atoms with Crippen molar-refractivity contribution >= 4 is 16.9 Å². The molecule has 0 bridgehead atoms. The normalized spacial score (nSPS) is 26.4. The molecular weight excluding hydrogens is 331 g/mol. The number of nitrogens with zero attached hydrogens (tertiary/aromatic N) is 2. The fraction of sp³-hybridized carbons (Fsp3) is 0.400. The van der Waals surface area contributed by atoms with Gasteiger partial charge in [0.1, 0.15) is 5.82 Å². The van der Waals surface area contributed by atoms with Gasteiger partial charge in [-0.3, -0.25) is 0 Å². The molecule has 2 aromatic heterocycles. The van der Waals surface area contributed by atoms with Crippen LogP contribution in [0.4, 0.5) is 10.1 Å². The van der Waals surface area contributed by atoms with Crippen LogP contribution in [0.15, 0.2) is 30.7 Å². The van der Waals surface area contributed by atoms with Crippen LogP contribution in [0.1, 0.15) is 32.8 Å². The van der Waals surface area contributed by atoms with Crippen LogP contribution in [0.25, 0.3) is 22.3 Å². The number of ether oxygens (including phenoxy) is 1. The van der Waals surface area contributed by atoms with E-state index in [0.29, 0.717) is 11.2 Å². The third kappa shape index (κ3) is 1.99. The minimum absolute atomic E-state index is 0.0467. The predicted octanol–water partition coefficient (Wildman–Crippen LogP) is 4.01. The number of nitrogens with one attached hydrogen (secondary N) is 2. The van der Waals surface area contributed by atoms with Crippen molar-refractivity contribution in [3.63, 3.8) is 0 Å². The van der Waals surface area contributed by atoms with E-state index in [2.05, 4.69) is 41.0 Å². The number of aromatic amines is 1. The number of benzene rings is 1. The van der Waals surface area contributed by atoms with Crippen LogP contribution in [0.3, 0.4) is 0 Å². The Labute approximate surface area is 151 Å². The van der Waals surface area contributed by atoms with Crippen molar-refractivity contribution in [1.29, 1.82) is 0 Å². The molecule has 0 aliphatic carbocycles. The summed E-state index contributed by atoms with van der Waals surface area (Å²) in [6, 6.07) is 5.43. The lowest BCUT2D eigenvalue weighted by Gasteiger charge is -2.48. The van der Waals surface area contributed by atoms with E-state index < -0.39 is 0 Å². The first-order chi connectivity index (χ1) is 12.4. The summed E-state index contributed by atoms with van der Waals surface area (Å²) >= 11 is 0. The Morgan fingerprint density at radius 2 is 2.04 bits per heavy atom. The van der Waals surface area contributed by atoms with Crippen molar-refractivity contribution in [2.45, 2.75) is 44.2 Å². The molecule has 134 valence electrons. The summed E-state index contributed by atoms with van der Waals surface area (Å²) in [5.41, 5.74) is 4.25. The second kappa shape index (κ2) is 5.04. The zero-order valence-electron chi connectivity index (χ0n) is 15.1. The number of hydrogen-bond donors (Lipinski definition) is 2. The lowest BCUT2D eigenvalue weighted by Crippen LogP contribution is -2.56. The molecule has 5 nitrogen and oxygen atoms in total. The van der Waals surface area contributed by atoms with Gasteiger partial charge in [0.2, 0.25) is 0 Å². The number of rotatable bonds is 1. The zero-order valence-corrected chi connectivity index (χ0v) is 15.1. The number of hydrogen-bond acceptors (Lipinski definition) is 4. The first kappa shape index (κ1) is 15.8. The van der Waals surface area contributed by atoms with Crippen LogP contribution in [-0.4, -0.2) is 33.2 Å². The molecule has 6 heteroatoms. The summed E-state index contributed by atoms with van der Waals surface area (Å²) in [5.74, 6) is -0.255.